The number of pyridine rings is 1. The fourth-order valence-corrected chi connectivity index (χ4v) is 2.57. The Balaban J connectivity index is 1.90. The van der Waals surface area contributed by atoms with Crippen LogP contribution in [0, 0.1) is 24.2 Å². The molecule has 2 rings (SSSR count). The largest absolute Gasteiger partial charge is 0.370 e. The van der Waals surface area contributed by atoms with Gasteiger partial charge in [0.2, 0.25) is 0 Å². The first-order chi connectivity index (χ1) is 9.08. The van der Waals surface area contributed by atoms with Crippen LogP contribution in [0.1, 0.15) is 31.5 Å². The van der Waals surface area contributed by atoms with E-state index in [-0.39, 0.29) is 0 Å². The molecule has 19 heavy (non-hydrogen) atoms. The Bertz CT molecular complexity index is 476. The van der Waals surface area contributed by atoms with Gasteiger partial charge in [-0.25, -0.2) is 4.98 Å². The van der Waals surface area contributed by atoms with Crippen molar-refractivity contribution in [1.82, 2.24) is 9.88 Å². The average molecular weight is 258 g/mol. The lowest BCUT2D eigenvalue weighted by Gasteiger charge is -2.20. The third kappa shape index (κ3) is 3.68. The zero-order valence-electron chi connectivity index (χ0n) is 12.0. The van der Waals surface area contributed by atoms with E-state index in [1.807, 2.05) is 13.0 Å². The van der Waals surface area contributed by atoms with E-state index < -0.39 is 0 Å². The number of hydrogen-bond acceptors (Lipinski definition) is 4. The Hall–Kier alpha value is -1.60. The van der Waals surface area contributed by atoms with E-state index in [2.05, 4.69) is 35.1 Å². The van der Waals surface area contributed by atoms with Gasteiger partial charge in [0.1, 0.15) is 5.82 Å². The molecule has 1 fully saturated rings. The molecule has 0 aromatic carbocycles. The summed E-state index contributed by atoms with van der Waals surface area (Å²) in [4.78, 5) is 6.93. The lowest BCUT2D eigenvalue weighted by Crippen LogP contribution is -2.29. The number of likely N-dealkylation sites (tertiary alicyclic amines) is 1. The molecule has 1 aromatic rings. The molecule has 1 N–H and O–H groups in total. The highest BCUT2D eigenvalue weighted by molar-refractivity contribution is 5.44. The lowest BCUT2D eigenvalue weighted by molar-refractivity contribution is 0.266. The summed E-state index contributed by atoms with van der Waals surface area (Å²) in [6.07, 6.45) is 1.24. The first-order valence-electron chi connectivity index (χ1n) is 6.95. The molecule has 0 aliphatic carbocycles. The number of aryl methyl sites for hydroxylation is 1. The molecule has 1 saturated heterocycles. The first-order valence-corrected chi connectivity index (χ1v) is 6.95. The van der Waals surface area contributed by atoms with Gasteiger partial charge in [-0.1, -0.05) is 0 Å². The smallest absolute Gasteiger partial charge is 0.127 e. The number of nitriles is 1. The Kier molecular flexibility index (Phi) is 4.39. The molecule has 0 bridgehead atoms. The number of nitrogens with zero attached hydrogens (tertiary/aromatic N) is 3. The first kappa shape index (κ1) is 13.8. The number of rotatable bonds is 4. The second-order valence-corrected chi connectivity index (χ2v) is 5.62. The lowest BCUT2D eigenvalue weighted by atomic mass is 10.1. The standard InChI is InChI=1S/C15H22N4/c1-11(2)19-5-4-13(10-19)9-17-15-7-14(8-16)6-12(3)18-15/h6-7,11,13H,4-5,9-10H2,1-3H3,(H,17,18). The molecule has 0 saturated carbocycles. The summed E-state index contributed by atoms with van der Waals surface area (Å²) >= 11 is 0. The minimum absolute atomic E-state index is 0.632. The molecule has 0 radical (unpaired) electrons. The van der Waals surface area contributed by atoms with Crippen molar-refractivity contribution < 1.29 is 0 Å². The third-order valence-electron chi connectivity index (χ3n) is 3.70. The fraction of sp³-hybridized carbons (Fsp3) is 0.600. The van der Waals surface area contributed by atoms with Crippen LogP contribution in [0.15, 0.2) is 12.1 Å². The van der Waals surface area contributed by atoms with Crippen LogP contribution in [0.25, 0.3) is 0 Å². The van der Waals surface area contributed by atoms with Crippen LogP contribution in [-0.4, -0.2) is 35.6 Å². The molecule has 4 nitrogen and oxygen atoms in total. The van der Waals surface area contributed by atoms with Crippen LogP contribution in [0.2, 0.25) is 0 Å². The van der Waals surface area contributed by atoms with Crippen LogP contribution in [0.5, 0.6) is 0 Å². The minimum atomic E-state index is 0.632. The van der Waals surface area contributed by atoms with Crippen LogP contribution < -0.4 is 5.32 Å². The summed E-state index contributed by atoms with van der Waals surface area (Å²) in [5, 5.41) is 12.3. The van der Waals surface area contributed by atoms with Crippen LogP contribution in [0.4, 0.5) is 5.82 Å². The van der Waals surface area contributed by atoms with Crippen molar-refractivity contribution in [3.8, 4) is 6.07 Å². The fourth-order valence-electron chi connectivity index (χ4n) is 2.57. The molecule has 4 heteroatoms. The van der Waals surface area contributed by atoms with Crippen LogP contribution in [0.3, 0.4) is 0 Å². The van der Waals surface area contributed by atoms with Crippen LogP contribution >= 0.6 is 0 Å². The molecule has 1 aliphatic heterocycles. The summed E-state index contributed by atoms with van der Waals surface area (Å²) in [6, 6.07) is 6.43. The van der Waals surface area contributed by atoms with Crippen molar-refractivity contribution in [1.29, 1.82) is 5.26 Å². The Morgan fingerprint density at radius 2 is 2.32 bits per heavy atom. The SMILES string of the molecule is Cc1cc(C#N)cc(NCC2CCN(C(C)C)C2)n1. The van der Waals surface area contributed by atoms with E-state index in [1.165, 1.54) is 13.0 Å². The van der Waals surface area contributed by atoms with Crippen molar-refractivity contribution in [3.05, 3.63) is 23.4 Å². The van der Waals surface area contributed by atoms with Crippen LogP contribution in [-0.2, 0) is 0 Å². The van der Waals surface area contributed by atoms with Gasteiger partial charge in [-0.05, 0) is 51.8 Å². The highest BCUT2D eigenvalue weighted by Crippen LogP contribution is 2.19. The Morgan fingerprint density at radius 3 is 2.95 bits per heavy atom. The van der Waals surface area contributed by atoms with Gasteiger partial charge in [0.25, 0.3) is 0 Å². The Morgan fingerprint density at radius 1 is 1.53 bits per heavy atom. The van der Waals surface area contributed by atoms with Crippen molar-refractivity contribution in [2.45, 2.75) is 33.2 Å². The molecule has 1 aliphatic rings. The number of nitrogens with one attached hydrogen (secondary N) is 1. The van der Waals surface area contributed by atoms with Crippen molar-refractivity contribution >= 4 is 5.82 Å². The molecule has 1 unspecified atom stereocenters. The van der Waals surface area contributed by atoms with Gasteiger partial charge in [-0.15, -0.1) is 0 Å². The van der Waals surface area contributed by atoms with Gasteiger partial charge in [-0.3, -0.25) is 0 Å². The summed E-state index contributed by atoms with van der Waals surface area (Å²) in [6.45, 7) is 9.69. The predicted octanol–water partition coefficient (Wildman–Crippen LogP) is 2.40. The molecule has 0 spiro atoms. The topological polar surface area (TPSA) is 52.0 Å². The van der Waals surface area contributed by atoms with Gasteiger partial charge in [0.05, 0.1) is 11.6 Å². The molecule has 102 valence electrons. The highest BCUT2D eigenvalue weighted by Gasteiger charge is 2.23. The van der Waals surface area contributed by atoms with E-state index in [0.717, 1.165) is 24.6 Å². The molecular weight excluding hydrogens is 236 g/mol. The summed E-state index contributed by atoms with van der Waals surface area (Å²) in [7, 11) is 0. The van der Waals surface area contributed by atoms with Gasteiger partial charge in [0.15, 0.2) is 0 Å². The zero-order chi connectivity index (χ0) is 13.8. The predicted molar refractivity (Wildman–Crippen MR) is 77.0 cm³/mol. The summed E-state index contributed by atoms with van der Waals surface area (Å²) in [5.41, 5.74) is 1.56. The molecule has 1 aromatic heterocycles. The average Bonchev–Trinajstić information content (AvgIpc) is 2.84. The minimum Gasteiger partial charge on any atom is -0.370 e. The molecule has 0 amide bonds. The summed E-state index contributed by atoms with van der Waals surface area (Å²) in [5.74, 6) is 1.50. The highest BCUT2D eigenvalue weighted by atomic mass is 15.2. The second kappa shape index (κ2) is 6.03. The molecule has 1 atom stereocenters. The van der Waals surface area contributed by atoms with Crippen molar-refractivity contribution in [2.24, 2.45) is 5.92 Å². The quantitative estimate of drug-likeness (QED) is 0.901. The van der Waals surface area contributed by atoms with E-state index in [0.29, 0.717) is 17.5 Å². The number of anilines is 1. The number of aromatic nitrogens is 1. The zero-order valence-corrected chi connectivity index (χ0v) is 12.0. The monoisotopic (exact) mass is 258 g/mol. The second-order valence-electron chi connectivity index (χ2n) is 5.62. The molecular formula is C15H22N4. The van der Waals surface area contributed by atoms with Gasteiger partial charge in [0, 0.05) is 24.8 Å². The number of hydrogen-bond donors (Lipinski definition) is 1. The van der Waals surface area contributed by atoms with Gasteiger partial charge < -0.3 is 10.2 Å². The van der Waals surface area contributed by atoms with Crippen molar-refractivity contribution in [3.63, 3.8) is 0 Å². The Labute approximate surface area is 115 Å². The van der Waals surface area contributed by atoms with Gasteiger partial charge >= 0.3 is 0 Å². The maximum Gasteiger partial charge on any atom is 0.127 e. The normalized spacial score (nSPS) is 19.6. The van der Waals surface area contributed by atoms with Crippen molar-refractivity contribution in [2.75, 3.05) is 25.0 Å². The van der Waals surface area contributed by atoms with E-state index >= 15 is 0 Å². The van der Waals surface area contributed by atoms with Gasteiger partial charge in [-0.2, -0.15) is 5.26 Å². The van der Waals surface area contributed by atoms with E-state index in [1.54, 1.807) is 6.07 Å². The summed E-state index contributed by atoms with van der Waals surface area (Å²) < 4.78 is 0. The van der Waals surface area contributed by atoms with E-state index in [4.69, 9.17) is 5.26 Å². The molecule has 2 heterocycles. The maximum atomic E-state index is 8.95. The third-order valence-corrected chi connectivity index (χ3v) is 3.70. The maximum absolute atomic E-state index is 8.95. The van der Waals surface area contributed by atoms with E-state index in [9.17, 15) is 0 Å².